The maximum absolute atomic E-state index is 8.87. The van der Waals surface area contributed by atoms with E-state index in [4.69, 9.17) is 25.8 Å². The lowest BCUT2D eigenvalue weighted by Crippen LogP contribution is -2.10. The number of hydrogen-bond acceptors (Lipinski definition) is 5. The van der Waals surface area contributed by atoms with Crippen LogP contribution in [-0.4, -0.2) is 19.1 Å². The zero-order chi connectivity index (χ0) is 8.48. The molecule has 0 unspecified atom stereocenters. The number of halogens is 1. The Bertz CT molecular complexity index is 264. The second-order valence-corrected chi connectivity index (χ2v) is 3.76. The molecule has 0 bridgehead atoms. The number of nitrogens with zero attached hydrogens (tertiary/aromatic N) is 2. The Labute approximate surface area is 69.7 Å². The van der Waals surface area contributed by atoms with Crippen molar-refractivity contribution in [2.45, 2.75) is 5.03 Å². The lowest BCUT2D eigenvalue weighted by Gasteiger charge is -2.23. The second-order valence-electron chi connectivity index (χ2n) is 1.77. The van der Waals surface area contributed by atoms with E-state index in [1.54, 1.807) is 0 Å². The summed E-state index contributed by atoms with van der Waals surface area (Å²) in [5, 5.41) is 4.93. The van der Waals surface area contributed by atoms with Crippen LogP contribution in [0.3, 0.4) is 0 Å². The van der Waals surface area contributed by atoms with E-state index in [-0.39, 0.29) is 10.2 Å². The van der Waals surface area contributed by atoms with E-state index >= 15 is 0 Å². The second kappa shape index (κ2) is 2.92. The summed E-state index contributed by atoms with van der Waals surface area (Å²) < 4.78 is 17.7. The van der Waals surface area contributed by atoms with E-state index in [1.165, 1.54) is 6.20 Å². The predicted octanol–water partition coefficient (Wildman–Crippen LogP) is 1.11. The monoisotopic (exact) mass is 195 g/mol. The minimum absolute atomic E-state index is 0.0768. The topological polar surface area (TPSA) is 92.3 Å². The van der Waals surface area contributed by atoms with E-state index in [9.17, 15) is 0 Å². The van der Waals surface area contributed by atoms with Crippen molar-refractivity contribution in [3.63, 3.8) is 0 Å². The van der Waals surface area contributed by atoms with Crippen molar-refractivity contribution in [2.75, 3.05) is 0 Å². The molecule has 0 atom stereocenters. The Morgan fingerprint density at radius 1 is 1.45 bits per heavy atom. The van der Waals surface area contributed by atoms with Gasteiger partial charge in [-0.2, -0.15) is 0 Å². The van der Waals surface area contributed by atoms with Crippen molar-refractivity contribution in [2.24, 2.45) is 5.14 Å². The first-order valence-corrected chi connectivity index (χ1v) is 4.52. The van der Waals surface area contributed by atoms with Crippen molar-refractivity contribution in [3.8, 4) is 0 Å². The molecule has 4 N–H and O–H groups in total. The van der Waals surface area contributed by atoms with Gasteiger partial charge in [0, 0.05) is 0 Å². The van der Waals surface area contributed by atoms with Gasteiger partial charge in [-0.1, -0.05) is 22.4 Å². The van der Waals surface area contributed by atoms with Crippen LogP contribution in [-0.2, 0) is 0 Å². The molecule has 0 saturated carbocycles. The minimum Gasteiger partial charge on any atom is -0.280 e. The average molecular weight is 196 g/mol. The van der Waals surface area contributed by atoms with Crippen LogP contribution in [0.2, 0.25) is 5.15 Å². The third-order valence-corrected chi connectivity index (χ3v) is 1.89. The fourth-order valence-corrected chi connectivity index (χ4v) is 1.12. The Balaban J connectivity index is 3.06. The molecule has 1 aromatic rings. The van der Waals surface area contributed by atoms with Crippen LogP contribution in [0.1, 0.15) is 0 Å². The summed E-state index contributed by atoms with van der Waals surface area (Å²) in [4.78, 5) is 7.14. The van der Waals surface area contributed by atoms with Crippen LogP contribution < -0.4 is 5.14 Å². The summed E-state index contributed by atoms with van der Waals surface area (Å²) in [5.74, 6) is 0. The summed E-state index contributed by atoms with van der Waals surface area (Å²) in [6, 6.07) is 0. The number of aromatic nitrogens is 2. The molecule has 0 spiro atoms. The highest BCUT2D eigenvalue weighted by Crippen LogP contribution is 2.37. The Morgan fingerprint density at radius 2 is 2.09 bits per heavy atom. The van der Waals surface area contributed by atoms with Gasteiger partial charge in [0.2, 0.25) is 0 Å². The van der Waals surface area contributed by atoms with Gasteiger partial charge < -0.3 is 0 Å². The fraction of sp³-hybridized carbons (Fsp3) is 0. The summed E-state index contributed by atoms with van der Waals surface area (Å²) in [6.07, 6.45) is 2.43. The number of rotatable bonds is 1. The summed E-state index contributed by atoms with van der Waals surface area (Å²) >= 11 is 5.41. The molecule has 1 aromatic heterocycles. The molecule has 0 amide bonds. The van der Waals surface area contributed by atoms with Crippen molar-refractivity contribution >= 4 is 22.4 Å². The Kier molecular flexibility index (Phi) is 2.31. The molecular weight excluding hydrogens is 190 g/mol. The molecule has 1 rings (SSSR count). The van der Waals surface area contributed by atoms with Gasteiger partial charge in [-0.3, -0.25) is 14.1 Å². The largest absolute Gasteiger partial charge is 0.280 e. The van der Waals surface area contributed by atoms with Gasteiger partial charge in [0.05, 0.1) is 12.4 Å². The lowest BCUT2D eigenvalue weighted by atomic mass is 10.8. The fourth-order valence-electron chi connectivity index (χ4n) is 0.470. The smallest absolute Gasteiger partial charge is 0.182 e. The number of hydrogen-bond donors (Lipinski definition) is 3. The van der Waals surface area contributed by atoms with E-state index in [0.29, 0.717) is 0 Å². The van der Waals surface area contributed by atoms with Crippen LogP contribution in [0, 0.1) is 0 Å². The molecule has 0 fully saturated rings. The van der Waals surface area contributed by atoms with Crippen molar-refractivity contribution in [1.82, 2.24) is 9.97 Å². The molecule has 62 valence electrons. The van der Waals surface area contributed by atoms with E-state index < -0.39 is 10.8 Å². The molecule has 0 aliphatic heterocycles. The third-order valence-electron chi connectivity index (χ3n) is 0.891. The lowest BCUT2D eigenvalue weighted by molar-refractivity contribution is 0.484. The average Bonchev–Trinajstić information content (AvgIpc) is 1.86. The van der Waals surface area contributed by atoms with Crippen LogP contribution in [0.25, 0.3) is 0 Å². The van der Waals surface area contributed by atoms with Gasteiger partial charge in [0.1, 0.15) is 5.15 Å². The standard InChI is InChI=1S/C4H6ClN3O2S/c5-3-1-7-2-4(8-3)11(6,9)10/h1-2,9-10H,6H2. The SMILES string of the molecule is NS(O)(O)c1cncc(Cl)n1. The molecule has 5 nitrogen and oxygen atoms in total. The van der Waals surface area contributed by atoms with E-state index in [1.807, 2.05) is 0 Å². The summed E-state index contributed by atoms with van der Waals surface area (Å²) in [5.41, 5.74) is 0. The van der Waals surface area contributed by atoms with Crippen molar-refractivity contribution in [3.05, 3.63) is 17.5 Å². The highest BCUT2D eigenvalue weighted by Gasteiger charge is 2.10. The van der Waals surface area contributed by atoms with Crippen molar-refractivity contribution in [1.29, 1.82) is 0 Å². The van der Waals surface area contributed by atoms with Gasteiger partial charge in [-0.05, 0) is 0 Å². The first-order chi connectivity index (χ1) is 5.00. The third kappa shape index (κ3) is 2.28. The highest BCUT2D eigenvalue weighted by molar-refractivity contribution is 8.22. The van der Waals surface area contributed by atoms with Gasteiger partial charge in [0.15, 0.2) is 5.03 Å². The van der Waals surface area contributed by atoms with Gasteiger partial charge in [-0.25, -0.2) is 10.1 Å². The zero-order valence-electron chi connectivity index (χ0n) is 5.31. The minimum atomic E-state index is -3.28. The molecule has 7 heteroatoms. The van der Waals surface area contributed by atoms with E-state index in [2.05, 4.69) is 9.97 Å². The van der Waals surface area contributed by atoms with Gasteiger partial charge >= 0.3 is 0 Å². The van der Waals surface area contributed by atoms with Crippen LogP contribution in [0.15, 0.2) is 17.4 Å². The molecule has 0 aromatic carbocycles. The van der Waals surface area contributed by atoms with Gasteiger partial charge in [-0.15, -0.1) is 0 Å². The Morgan fingerprint density at radius 3 is 2.45 bits per heavy atom. The summed E-state index contributed by atoms with van der Waals surface area (Å²) in [7, 11) is -3.28. The maximum atomic E-state index is 8.87. The first kappa shape index (κ1) is 8.69. The highest BCUT2D eigenvalue weighted by atomic mass is 35.5. The van der Waals surface area contributed by atoms with Crippen molar-refractivity contribution < 1.29 is 9.11 Å². The maximum Gasteiger partial charge on any atom is 0.182 e. The van der Waals surface area contributed by atoms with Crippen LogP contribution in [0.5, 0.6) is 0 Å². The molecule has 1 heterocycles. The van der Waals surface area contributed by atoms with Crippen LogP contribution >= 0.6 is 22.4 Å². The van der Waals surface area contributed by atoms with Crippen LogP contribution in [0.4, 0.5) is 0 Å². The molecule has 0 radical (unpaired) electrons. The molecule has 0 saturated heterocycles. The quantitative estimate of drug-likeness (QED) is 0.625. The summed E-state index contributed by atoms with van der Waals surface area (Å²) in [6.45, 7) is 0. The molecular formula is C4H6ClN3O2S. The normalized spacial score (nSPS) is 13.1. The predicted molar refractivity (Wildman–Crippen MR) is 42.3 cm³/mol. The first-order valence-electron chi connectivity index (χ1n) is 2.53. The molecule has 0 aliphatic carbocycles. The zero-order valence-corrected chi connectivity index (χ0v) is 6.88. The number of nitrogens with two attached hydrogens (primary N) is 1. The van der Waals surface area contributed by atoms with E-state index in [0.717, 1.165) is 6.20 Å². The molecule has 11 heavy (non-hydrogen) atoms. The molecule has 0 aliphatic rings. The Hall–Kier alpha value is -0.400. The van der Waals surface area contributed by atoms with Gasteiger partial charge in [0.25, 0.3) is 0 Å².